The molecule has 0 radical (unpaired) electrons. The average Bonchev–Trinajstić information content (AvgIpc) is 3.67. The number of rotatable bonds is 18. The fourth-order valence-electron chi connectivity index (χ4n) is 6.68. The molecule has 3 aromatic rings. The van der Waals surface area contributed by atoms with Crippen LogP contribution < -0.4 is 14.9 Å². The van der Waals surface area contributed by atoms with Gasteiger partial charge in [0.15, 0.2) is 8.07 Å². The van der Waals surface area contributed by atoms with Gasteiger partial charge in [0.25, 0.3) is 0 Å². The quantitative estimate of drug-likeness (QED) is 0.103. The molecule has 4 heteroatoms. The van der Waals surface area contributed by atoms with Gasteiger partial charge in [-0.2, -0.15) is 0 Å². The van der Waals surface area contributed by atoms with Gasteiger partial charge in [-0.25, -0.2) is 0 Å². The highest BCUT2D eigenvalue weighted by molar-refractivity contribution is 7.38. The number of aryl methyl sites for hydroxylation is 3. The standard InChI is InChI=1S/C34H52S3Si/c1-6-9-12-14-15-17-19-28(18-16-13-10-7-2)25-38(32-22-21-29(37-32)20-11-8-3)30-23-26(4)35-33(30)34-31(38)24-27(5)36-34/h21-24,28H,6-20,25H2,1-5H3. The Morgan fingerprint density at radius 3 is 1.74 bits per heavy atom. The largest absolute Gasteiger partial charge is 0.164 e. The molecular formula is C34H52S3Si. The minimum Gasteiger partial charge on any atom is -0.149 e. The normalized spacial score (nSPS) is 14.7. The van der Waals surface area contributed by atoms with Crippen LogP contribution in [0.1, 0.15) is 125 Å². The van der Waals surface area contributed by atoms with Crippen molar-refractivity contribution in [2.24, 2.45) is 5.92 Å². The van der Waals surface area contributed by atoms with Crippen LogP contribution in [-0.4, -0.2) is 8.07 Å². The van der Waals surface area contributed by atoms with Crippen molar-refractivity contribution < 1.29 is 0 Å². The molecule has 3 aromatic heterocycles. The zero-order valence-corrected chi connectivity index (χ0v) is 28.4. The third kappa shape index (κ3) is 6.96. The summed E-state index contributed by atoms with van der Waals surface area (Å²) in [6.45, 7) is 11.7. The summed E-state index contributed by atoms with van der Waals surface area (Å²) in [5, 5.41) is 3.57. The van der Waals surface area contributed by atoms with Crippen LogP contribution in [0.15, 0.2) is 24.3 Å². The molecule has 0 amide bonds. The summed E-state index contributed by atoms with van der Waals surface area (Å²) in [5.74, 6) is 0.866. The number of fused-ring (bicyclic) bond motifs is 3. The van der Waals surface area contributed by atoms with E-state index in [9.17, 15) is 0 Å². The van der Waals surface area contributed by atoms with Crippen molar-refractivity contribution in [3.8, 4) is 9.75 Å². The van der Waals surface area contributed by atoms with E-state index < -0.39 is 8.07 Å². The van der Waals surface area contributed by atoms with Gasteiger partial charge in [0.1, 0.15) is 0 Å². The second-order valence-corrected chi connectivity index (χ2v) is 19.8. The molecule has 4 heterocycles. The highest BCUT2D eigenvalue weighted by Gasteiger charge is 2.51. The summed E-state index contributed by atoms with van der Waals surface area (Å²) in [5.41, 5.74) is 0. The lowest BCUT2D eigenvalue weighted by Gasteiger charge is -2.32. The minimum absolute atomic E-state index is 0.866. The Bertz CT molecular complexity index is 1070. The van der Waals surface area contributed by atoms with E-state index in [1.165, 1.54) is 112 Å². The molecule has 0 aromatic carbocycles. The Hall–Kier alpha value is -0.683. The van der Waals surface area contributed by atoms with E-state index in [-0.39, 0.29) is 0 Å². The maximum absolute atomic E-state index is 2.64. The molecule has 0 spiro atoms. The SMILES string of the molecule is CCCCCCCCC(CCCCCC)C[Si]1(c2ccc(CCCC)s2)c2cc(C)sc2-c2sc(C)cc21. The van der Waals surface area contributed by atoms with Crippen LogP contribution in [0, 0.1) is 19.8 Å². The number of thiophene rings is 3. The predicted octanol–water partition coefficient (Wildman–Crippen LogP) is 10.6. The predicted molar refractivity (Wildman–Crippen MR) is 180 cm³/mol. The van der Waals surface area contributed by atoms with Gasteiger partial charge in [0, 0.05) is 28.9 Å². The van der Waals surface area contributed by atoms with Gasteiger partial charge < -0.3 is 0 Å². The Morgan fingerprint density at radius 1 is 0.632 bits per heavy atom. The Kier molecular flexibility index (Phi) is 11.8. The molecule has 1 aliphatic heterocycles. The minimum atomic E-state index is -2.00. The molecule has 1 aliphatic rings. The third-order valence-electron chi connectivity index (χ3n) is 8.72. The highest BCUT2D eigenvalue weighted by atomic mass is 32.1. The Balaban J connectivity index is 1.68. The second-order valence-electron chi connectivity index (χ2n) is 12.0. The van der Waals surface area contributed by atoms with E-state index in [1.807, 2.05) is 0 Å². The van der Waals surface area contributed by atoms with Gasteiger partial charge >= 0.3 is 0 Å². The second kappa shape index (κ2) is 14.8. The molecule has 0 nitrogen and oxygen atoms in total. The summed E-state index contributed by atoms with van der Waals surface area (Å²) in [6, 6.07) is 11.8. The number of unbranched alkanes of at least 4 members (excludes halogenated alkanes) is 9. The average molecular weight is 585 g/mol. The maximum Gasteiger partial charge on any atom is 0.164 e. The summed E-state index contributed by atoms with van der Waals surface area (Å²) in [6.07, 6.45) is 20.8. The highest BCUT2D eigenvalue weighted by Crippen LogP contribution is 2.43. The van der Waals surface area contributed by atoms with Crippen LogP contribution in [0.3, 0.4) is 0 Å². The van der Waals surface area contributed by atoms with E-state index in [4.69, 9.17) is 0 Å². The van der Waals surface area contributed by atoms with Crippen LogP contribution in [0.5, 0.6) is 0 Å². The van der Waals surface area contributed by atoms with Crippen LogP contribution >= 0.6 is 34.0 Å². The molecule has 210 valence electrons. The lowest BCUT2D eigenvalue weighted by molar-refractivity contribution is 0.431. The molecule has 0 saturated carbocycles. The maximum atomic E-state index is 2.64. The summed E-state index contributed by atoms with van der Waals surface area (Å²) in [4.78, 5) is 7.95. The van der Waals surface area contributed by atoms with Crippen molar-refractivity contribution in [3.63, 3.8) is 0 Å². The molecule has 1 unspecified atom stereocenters. The van der Waals surface area contributed by atoms with Crippen molar-refractivity contribution in [1.82, 2.24) is 0 Å². The molecule has 0 N–H and O–H groups in total. The number of hydrogen-bond acceptors (Lipinski definition) is 3. The van der Waals surface area contributed by atoms with Crippen LogP contribution in [0.4, 0.5) is 0 Å². The van der Waals surface area contributed by atoms with Crippen LogP contribution in [0.2, 0.25) is 6.04 Å². The summed E-state index contributed by atoms with van der Waals surface area (Å²) in [7, 11) is -2.00. The molecule has 0 aliphatic carbocycles. The fraction of sp³-hybridized carbons (Fsp3) is 0.647. The molecule has 4 rings (SSSR count). The first-order valence-electron chi connectivity index (χ1n) is 15.8. The molecular weight excluding hydrogens is 533 g/mol. The zero-order valence-electron chi connectivity index (χ0n) is 24.9. The summed E-state index contributed by atoms with van der Waals surface area (Å²) >= 11 is 6.36. The van der Waals surface area contributed by atoms with E-state index >= 15 is 0 Å². The van der Waals surface area contributed by atoms with Gasteiger partial charge in [-0.3, -0.25) is 0 Å². The van der Waals surface area contributed by atoms with Crippen LogP contribution in [0.25, 0.3) is 9.75 Å². The van der Waals surface area contributed by atoms with E-state index in [0.29, 0.717) is 0 Å². The van der Waals surface area contributed by atoms with Gasteiger partial charge in [-0.05, 0) is 67.2 Å². The Labute approximate surface area is 247 Å². The summed E-state index contributed by atoms with van der Waals surface area (Å²) < 4.78 is 1.76. The van der Waals surface area contributed by atoms with Crippen molar-refractivity contribution in [2.45, 2.75) is 137 Å². The third-order valence-corrected chi connectivity index (χ3v) is 18.5. The molecule has 0 saturated heterocycles. The molecule has 1 atom stereocenters. The monoisotopic (exact) mass is 584 g/mol. The van der Waals surface area contributed by atoms with Gasteiger partial charge in [-0.1, -0.05) is 110 Å². The zero-order chi connectivity index (χ0) is 27.0. The first kappa shape index (κ1) is 30.3. The van der Waals surface area contributed by atoms with Gasteiger partial charge in [0.05, 0.1) is 0 Å². The lowest BCUT2D eigenvalue weighted by atomic mass is 9.96. The van der Waals surface area contributed by atoms with Crippen molar-refractivity contribution >= 4 is 57.0 Å². The van der Waals surface area contributed by atoms with E-state index in [0.717, 1.165) is 5.92 Å². The first-order valence-corrected chi connectivity index (χ1v) is 20.5. The number of hydrogen-bond donors (Lipinski definition) is 0. The van der Waals surface area contributed by atoms with Gasteiger partial charge in [-0.15, -0.1) is 34.0 Å². The smallest absolute Gasteiger partial charge is 0.149 e. The van der Waals surface area contributed by atoms with Crippen molar-refractivity contribution in [3.05, 3.63) is 38.9 Å². The topological polar surface area (TPSA) is 0 Å². The van der Waals surface area contributed by atoms with Crippen LogP contribution in [-0.2, 0) is 6.42 Å². The van der Waals surface area contributed by atoms with Gasteiger partial charge in [0.2, 0.25) is 0 Å². The lowest BCUT2D eigenvalue weighted by Crippen LogP contribution is -2.64. The van der Waals surface area contributed by atoms with Crippen molar-refractivity contribution in [1.29, 1.82) is 0 Å². The fourth-order valence-corrected chi connectivity index (χ4v) is 18.3. The molecule has 0 bridgehead atoms. The molecule has 38 heavy (non-hydrogen) atoms. The first-order chi connectivity index (χ1) is 18.5. The van der Waals surface area contributed by atoms with E-state index in [1.54, 1.807) is 29.5 Å². The molecule has 0 fully saturated rings. The Morgan fingerprint density at radius 2 is 1.16 bits per heavy atom. The van der Waals surface area contributed by atoms with Crippen molar-refractivity contribution in [2.75, 3.05) is 0 Å². The van der Waals surface area contributed by atoms with E-state index in [2.05, 4.69) is 92.9 Å².